The number of fused-ring (bicyclic) bond motifs is 1. The van der Waals surface area contributed by atoms with Gasteiger partial charge in [0.2, 0.25) is 5.13 Å². The van der Waals surface area contributed by atoms with Crippen LogP contribution < -0.4 is 16.6 Å². The van der Waals surface area contributed by atoms with Gasteiger partial charge in [0.25, 0.3) is 0 Å². The van der Waals surface area contributed by atoms with E-state index in [4.69, 9.17) is 18.0 Å². The summed E-state index contributed by atoms with van der Waals surface area (Å²) in [4.78, 5) is 4.53. The standard InChI is InChI=1S/C14H12N4S2/c15-13(19)17-18-14-16-12(8-20-14)11-7-3-5-9-4-1-2-6-10(9)11/h1-8H,(H,16,18)(H3,15,17,19). The summed E-state index contributed by atoms with van der Waals surface area (Å²) in [5.41, 5.74) is 13.0. The van der Waals surface area contributed by atoms with Crippen LogP contribution in [0.15, 0.2) is 47.8 Å². The predicted molar refractivity (Wildman–Crippen MR) is 88.6 cm³/mol. The average molecular weight is 300 g/mol. The lowest BCUT2D eigenvalue weighted by molar-refractivity contribution is 1.11. The molecule has 4 nitrogen and oxygen atoms in total. The van der Waals surface area contributed by atoms with E-state index in [-0.39, 0.29) is 5.11 Å². The van der Waals surface area contributed by atoms with Gasteiger partial charge in [0.1, 0.15) is 0 Å². The molecule has 0 amide bonds. The van der Waals surface area contributed by atoms with Crippen molar-refractivity contribution in [3.8, 4) is 11.3 Å². The average Bonchev–Trinajstić information content (AvgIpc) is 2.93. The topological polar surface area (TPSA) is 63.0 Å². The highest BCUT2D eigenvalue weighted by Gasteiger charge is 2.07. The first-order valence-corrected chi connectivity index (χ1v) is 7.28. The Morgan fingerprint density at radius 2 is 1.95 bits per heavy atom. The summed E-state index contributed by atoms with van der Waals surface area (Å²) < 4.78 is 0. The van der Waals surface area contributed by atoms with Crippen molar-refractivity contribution in [2.24, 2.45) is 5.73 Å². The molecule has 2 aromatic carbocycles. The lowest BCUT2D eigenvalue weighted by Crippen LogP contribution is -2.33. The molecule has 0 unspecified atom stereocenters. The van der Waals surface area contributed by atoms with Crippen LogP contribution in [0.4, 0.5) is 5.13 Å². The molecule has 0 radical (unpaired) electrons. The summed E-state index contributed by atoms with van der Waals surface area (Å²) in [5, 5.41) is 5.31. The van der Waals surface area contributed by atoms with Crippen LogP contribution in [0.25, 0.3) is 22.0 Å². The van der Waals surface area contributed by atoms with Crippen LogP contribution in [0.5, 0.6) is 0 Å². The molecule has 6 heteroatoms. The van der Waals surface area contributed by atoms with Crippen molar-refractivity contribution < 1.29 is 0 Å². The molecule has 0 spiro atoms. The first kappa shape index (κ1) is 12.8. The number of anilines is 1. The maximum atomic E-state index is 5.37. The van der Waals surface area contributed by atoms with Gasteiger partial charge in [-0.1, -0.05) is 42.5 Å². The Balaban J connectivity index is 1.97. The minimum absolute atomic E-state index is 0.187. The SMILES string of the molecule is NC(=S)NNc1nc(-c2cccc3ccccc23)cs1. The molecule has 0 fully saturated rings. The molecule has 1 heterocycles. The quantitative estimate of drug-likeness (QED) is 0.512. The molecule has 3 rings (SSSR count). The molecule has 0 aliphatic carbocycles. The molecule has 4 N–H and O–H groups in total. The lowest BCUT2D eigenvalue weighted by Gasteiger charge is -2.04. The fraction of sp³-hybridized carbons (Fsp3) is 0. The molecule has 0 atom stereocenters. The smallest absolute Gasteiger partial charge is 0.202 e. The largest absolute Gasteiger partial charge is 0.375 e. The van der Waals surface area contributed by atoms with E-state index in [9.17, 15) is 0 Å². The second kappa shape index (κ2) is 5.44. The van der Waals surface area contributed by atoms with E-state index in [1.165, 1.54) is 22.1 Å². The summed E-state index contributed by atoms with van der Waals surface area (Å²) >= 11 is 6.23. The van der Waals surface area contributed by atoms with Crippen LogP contribution in [-0.4, -0.2) is 10.1 Å². The van der Waals surface area contributed by atoms with Crippen molar-refractivity contribution in [2.45, 2.75) is 0 Å². The Hall–Kier alpha value is -2.18. The molecule has 100 valence electrons. The predicted octanol–water partition coefficient (Wildman–Crippen LogP) is 3.12. The maximum Gasteiger partial charge on any atom is 0.202 e. The van der Waals surface area contributed by atoms with Crippen molar-refractivity contribution in [2.75, 3.05) is 5.43 Å². The number of nitrogens with two attached hydrogens (primary N) is 1. The molecule has 20 heavy (non-hydrogen) atoms. The van der Waals surface area contributed by atoms with E-state index >= 15 is 0 Å². The van der Waals surface area contributed by atoms with Crippen molar-refractivity contribution in [1.82, 2.24) is 10.4 Å². The number of nitrogens with one attached hydrogen (secondary N) is 2. The van der Waals surface area contributed by atoms with Crippen LogP contribution >= 0.6 is 23.6 Å². The minimum atomic E-state index is 0.187. The number of benzene rings is 2. The first-order chi connectivity index (χ1) is 9.74. The molecule has 1 aromatic heterocycles. The van der Waals surface area contributed by atoms with Crippen LogP contribution in [0, 0.1) is 0 Å². The van der Waals surface area contributed by atoms with Crippen LogP contribution in [0.2, 0.25) is 0 Å². The Kier molecular flexibility index (Phi) is 3.49. The van der Waals surface area contributed by atoms with Gasteiger partial charge < -0.3 is 5.73 Å². The number of hydrazine groups is 1. The van der Waals surface area contributed by atoms with Gasteiger partial charge in [0, 0.05) is 10.9 Å². The van der Waals surface area contributed by atoms with Crippen molar-refractivity contribution >= 4 is 44.6 Å². The van der Waals surface area contributed by atoms with E-state index < -0.39 is 0 Å². The summed E-state index contributed by atoms with van der Waals surface area (Å²) in [6.07, 6.45) is 0. The van der Waals surface area contributed by atoms with E-state index in [0.717, 1.165) is 16.4 Å². The van der Waals surface area contributed by atoms with Gasteiger partial charge in [-0.05, 0) is 23.0 Å². The molecular weight excluding hydrogens is 288 g/mol. The zero-order valence-electron chi connectivity index (χ0n) is 10.5. The zero-order chi connectivity index (χ0) is 13.9. The van der Waals surface area contributed by atoms with E-state index in [2.05, 4.69) is 40.1 Å². The third-order valence-corrected chi connectivity index (χ3v) is 3.72. The third kappa shape index (κ3) is 2.56. The minimum Gasteiger partial charge on any atom is -0.375 e. The number of rotatable bonds is 3. The van der Waals surface area contributed by atoms with Gasteiger partial charge in [0.05, 0.1) is 5.69 Å². The number of thiocarbonyl (C=S) groups is 1. The normalized spacial score (nSPS) is 10.4. The van der Waals surface area contributed by atoms with Gasteiger partial charge in [-0.25, -0.2) is 4.98 Å². The van der Waals surface area contributed by atoms with E-state index in [1.807, 2.05) is 23.6 Å². The molecule has 0 saturated heterocycles. The molecule has 0 aliphatic rings. The molecule has 0 bridgehead atoms. The van der Waals surface area contributed by atoms with Gasteiger partial charge >= 0.3 is 0 Å². The Labute approximate surface area is 125 Å². The van der Waals surface area contributed by atoms with Gasteiger partial charge in [-0.2, -0.15) is 0 Å². The first-order valence-electron chi connectivity index (χ1n) is 5.99. The summed E-state index contributed by atoms with van der Waals surface area (Å²) in [6.45, 7) is 0. The Morgan fingerprint density at radius 1 is 1.15 bits per heavy atom. The van der Waals surface area contributed by atoms with Crippen molar-refractivity contribution in [1.29, 1.82) is 0 Å². The lowest BCUT2D eigenvalue weighted by atomic mass is 10.0. The number of aromatic nitrogens is 1. The summed E-state index contributed by atoms with van der Waals surface area (Å²) in [5.74, 6) is 0. The molecule has 3 aromatic rings. The summed E-state index contributed by atoms with van der Waals surface area (Å²) in [7, 11) is 0. The second-order valence-electron chi connectivity index (χ2n) is 4.18. The Bertz CT molecular complexity index is 761. The van der Waals surface area contributed by atoms with E-state index in [1.54, 1.807) is 0 Å². The highest BCUT2D eigenvalue weighted by molar-refractivity contribution is 7.80. The Morgan fingerprint density at radius 3 is 2.80 bits per heavy atom. The molecule has 0 saturated carbocycles. The monoisotopic (exact) mass is 300 g/mol. The van der Waals surface area contributed by atoms with Crippen LogP contribution in [-0.2, 0) is 0 Å². The van der Waals surface area contributed by atoms with Crippen LogP contribution in [0.3, 0.4) is 0 Å². The van der Waals surface area contributed by atoms with Crippen LogP contribution in [0.1, 0.15) is 0 Å². The number of nitrogens with zero attached hydrogens (tertiary/aromatic N) is 1. The van der Waals surface area contributed by atoms with Crippen molar-refractivity contribution in [3.05, 3.63) is 47.8 Å². The third-order valence-electron chi connectivity index (χ3n) is 2.86. The highest BCUT2D eigenvalue weighted by Crippen LogP contribution is 2.30. The zero-order valence-corrected chi connectivity index (χ0v) is 12.1. The number of hydrogen-bond acceptors (Lipinski definition) is 4. The second-order valence-corrected chi connectivity index (χ2v) is 5.48. The van der Waals surface area contributed by atoms with Gasteiger partial charge in [0.15, 0.2) is 5.11 Å². The van der Waals surface area contributed by atoms with Crippen molar-refractivity contribution in [3.63, 3.8) is 0 Å². The molecular formula is C14H12N4S2. The summed E-state index contributed by atoms with van der Waals surface area (Å²) in [6, 6.07) is 14.5. The fourth-order valence-electron chi connectivity index (χ4n) is 2.02. The highest BCUT2D eigenvalue weighted by atomic mass is 32.1. The number of thiazole rings is 1. The molecule has 0 aliphatic heterocycles. The van der Waals surface area contributed by atoms with Gasteiger partial charge in [-0.15, -0.1) is 11.3 Å². The van der Waals surface area contributed by atoms with Gasteiger partial charge in [-0.3, -0.25) is 10.9 Å². The number of hydrogen-bond donors (Lipinski definition) is 3. The fourth-order valence-corrected chi connectivity index (χ4v) is 2.73. The van der Waals surface area contributed by atoms with E-state index in [0.29, 0.717) is 0 Å². The maximum absolute atomic E-state index is 5.37.